The highest BCUT2D eigenvalue weighted by atomic mass is 16.5. The first-order valence-corrected chi connectivity index (χ1v) is 9.94. The third kappa shape index (κ3) is 3.88. The second kappa shape index (κ2) is 8.05. The van der Waals surface area contributed by atoms with Crippen LogP contribution >= 0.6 is 0 Å². The quantitative estimate of drug-likeness (QED) is 0.690. The van der Waals surface area contributed by atoms with Gasteiger partial charge in [0.2, 0.25) is 0 Å². The first kappa shape index (κ1) is 18.5. The van der Waals surface area contributed by atoms with Crippen LogP contribution in [0.15, 0.2) is 42.5 Å². The molecule has 2 aromatic rings. The number of benzene rings is 2. The summed E-state index contributed by atoms with van der Waals surface area (Å²) >= 11 is 0. The summed E-state index contributed by atoms with van der Waals surface area (Å²) in [7, 11) is 0. The number of nitrogens with one attached hydrogen (secondary N) is 1. The molecule has 0 unspecified atom stereocenters. The summed E-state index contributed by atoms with van der Waals surface area (Å²) in [5.74, 6) is -0.602. The highest BCUT2D eigenvalue weighted by Crippen LogP contribution is 2.38. The van der Waals surface area contributed by atoms with Gasteiger partial charge in [-0.1, -0.05) is 42.5 Å². The molecule has 0 spiro atoms. The number of ether oxygens (including phenoxy) is 1. The van der Waals surface area contributed by atoms with E-state index >= 15 is 0 Å². The number of amides is 1. The normalized spacial score (nSPS) is 20.1. The molecule has 28 heavy (non-hydrogen) atoms. The number of aliphatic carboxylic acids is 1. The molecular weight excluding hydrogens is 354 g/mol. The predicted molar refractivity (Wildman–Crippen MR) is 106 cm³/mol. The van der Waals surface area contributed by atoms with Crippen LogP contribution in [0.2, 0.25) is 0 Å². The summed E-state index contributed by atoms with van der Waals surface area (Å²) < 4.78 is 5.46. The Morgan fingerprint density at radius 1 is 1.00 bits per heavy atom. The SMILES string of the molecule is O=C(NC[C@H]1CC[C@H](C(=O)O)CC1)OCc1cccc2c1Cc1ccccc1-2. The molecule has 4 rings (SSSR count). The molecular formula is C23H25NO4. The summed E-state index contributed by atoms with van der Waals surface area (Å²) in [6.45, 7) is 0.804. The van der Waals surface area contributed by atoms with Crippen LogP contribution in [0.3, 0.4) is 0 Å². The van der Waals surface area contributed by atoms with Gasteiger partial charge in [-0.3, -0.25) is 4.79 Å². The molecule has 1 amide bonds. The highest BCUT2D eigenvalue weighted by molar-refractivity contribution is 5.78. The lowest BCUT2D eigenvalue weighted by Gasteiger charge is -2.26. The van der Waals surface area contributed by atoms with Gasteiger partial charge in [-0.15, -0.1) is 0 Å². The fourth-order valence-electron chi connectivity index (χ4n) is 4.39. The summed E-state index contributed by atoms with van der Waals surface area (Å²) in [6, 6.07) is 14.5. The van der Waals surface area contributed by atoms with Crippen LogP contribution in [-0.2, 0) is 22.6 Å². The van der Waals surface area contributed by atoms with Gasteiger partial charge in [-0.05, 0) is 65.8 Å². The molecule has 2 aromatic carbocycles. The number of carboxylic acids is 1. The van der Waals surface area contributed by atoms with Crippen molar-refractivity contribution < 1.29 is 19.4 Å². The van der Waals surface area contributed by atoms with Crippen molar-refractivity contribution in [1.82, 2.24) is 5.32 Å². The van der Waals surface area contributed by atoms with Gasteiger partial charge in [0.25, 0.3) is 0 Å². The van der Waals surface area contributed by atoms with E-state index < -0.39 is 12.1 Å². The predicted octanol–water partition coefficient (Wildman–Crippen LogP) is 4.38. The Kier molecular flexibility index (Phi) is 5.33. The van der Waals surface area contributed by atoms with Gasteiger partial charge in [0.1, 0.15) is 6.61 Å². The van der Waals surface area contributed by atoms with E-state index in [9.17, 15) is 9.59 Å². The van der Waals surface area contributed by atoms with Crippen LogP contribution < -0.4 is 5.32 Å². The van der Waals surface area contributed by atoms with Crippen LogP contribution in [0.1, 0.15) is 42.4 Å². The van der Waals surface area contributed by atoms with Crippen molar-refractivity contribution in [2.75, 3.05) is 6.54 Å². The second-order valence-electron chi connectivity index (χ2n) is 7.79. The maximum absolute atomic E-state index is 12.1. The zero-order chi connectivity index (χ0) is 19.5. The molecule has 5 nitrogen and oxygen atoms in total. The Morgan fingerprint density at radius 3 is 2.54 bits per heavy atom. The molecule has 0 heterocycles. The van der Waals surface area contributed by atoms with E-state index in [1.165, 1.54) is 22.3 Å². The number of fused-ring (bicyclic) bond motifs is 3. The molecule has 146 valence electrons. The first-order chi connectivity index (χ1) is 13.6. The Labute approximate surface area is 164 Å². The van der Waals surface area contributed by atoms with E-state index in [0.717, 1.165) is 24.8 Å². The molecule has 0 bridgehead atoms. The average Bonchev–Trinajstić information content (AvgIpc) is 3.10. The molecule has 0 saturated heterocycles. The zero-order valence-corrected chi connectivity index (χ0v) is 15.8. The van der Waals surface area contributed by atoms with Gasteiger partial charge in [0.05, 0.1) is 5.92 Å². The number of carboxylic acid groups (broad SMARTS) is 1. The molecule has 2 aliphatic rings. The number of carbonyl (C=O) groups excluding carboxylic acids is 1. The minimum absolute atomic E-state index is 0.229. The van der Waals surface area contributed by atoms with Gasteiger partial charge >= 0.3 is 12.1 Å². The summed E-state index contributed by atoms with van der Waals surface area (Å²) in [5, 5.41) is 11.9. The number of hydrogen-bond acceptors (Lipinski definition) is 3. The fourth-order valence-corrected chi connectivity index (χ4v) is 4.39. The number of rotatable bonds is 5. The van der Waals surface area contributed by atoms with Crippen molar-refractivity contribution in [2.45, 2.75) is 38.7 Å². The number of carbonyl (C=O) groups is 2. The maximum atomic E-state index is 12.1. The number of alkyl carbamates (subject to hydrolysis) is 1. The van der Waals surface area contributed by atoms with Crippen molar-refractivity contribution in [1.29, 1.82) is 0 Å². The van der Waals surface area contributed by atoms with E-state index in [4.69, 9.17) is 9.84 Å². The van der Waals surface area contributed by atoms with E-state index in [1.807, 2.05) is 12.1 Å². The average molecular weight is 379 g/mol. The number of hydrogen-bond donors (Lipinski definition) is 2. The zero-order valence-electron chi connectivity index (χ0n) is 15.8. The minimum atomic E-state index is -0.705. The standard InChI is InChI=1S/C23H25NO4/c25-22(26)16-10-8-15(9-11-16)13-24-23(27)28-14-18-5-3-7-20-19-6-2-1-4-17(19)12-21(18)20/h1-7,15-16H,8-14H2,(H,24,27)(H,25,26)/t15-,16-. The minimum Gasteiger partial charge on any atom is -0.481 e. The molecule has 1 fully saturated rings. The molecule has 0 atom stereocenters. The molecule has 0 aliphatic heterocycles. The van der Waals surface area contributed by atoms with Crippen LogP contribution in [-0.4, -0.2) is 23.7 Å². The molecule has 2 N–H and O–H groups in total. The Morgan fingerprint density at radius 2 is 1.75 bits per heavy atom. The van der Waals surface area contributed by atoms with E-state index in [-0.39, 0.29) is 12.5 Å². The van der Waals surface area contributed by atoms with Gasteiger partial charge in [-0.2, -0.15) is 0 Å². The van der Waals surface area contributed by atoms with Gasteiger partial charge in [0, 0.05) is 6.54 Å². The highest BCUT2D eigenvalue weighted by Gasteiger charge is 2.26. The van der Waals surface area contributed by atoms with Gasteiger partial charge in [-0.25, -0.2) is 4.79 Å². The Hall–Kier alpha value is -2.82. The summed E-state index contributed by atoms with van der Waals surface area (Å²) in [4.78, 5) is 23.1. The monoisotopic (exact) mass is 379 g/mol. The van der Waals surface area contributed by atoms with Crippen molar-refractivity contribution in [2.24, 2.45) is 11.8 Å². The van der Waals surface area contributed by atoms with Gasteiger partial charge in [0.15, 0.2) is 0 Å². The lowest BCUT2D eigenvalue weighted by Crippen LogP contribution is -2.32. The largest absolute Gasteiger partial charge is 0.481 e. The lowest BCUT2D eigenvalue weighted by atomic mass is 9.82. The van der Waals surface area contributed by atoms with Crippen LogP contribution in [0.25, 0.3) is 11.1 Å². The van der Waals surface area contributed by atoms with Crippen molar-refractivity contribution >= 4 is 12.1 Å². The summed E-state index contributed by atoms with van der Waals surface area (Å²) in [6.07, 6.45) is 3.51. The Bertz CT molecular complexity index is 884. The van der Waals surface area contributed by atoms with Crippen molar-refractivity contribution in [3.8, 4) is 11.1 Å². The topological polar surface area (TPSA) is 75.6 Å². The third-order valence-electron chi connectivity index (χ3n) is 6.04. The van der Waals surface area contributed by atoms with Gasteiger partial charge < -0.3 is 15.2 Å². The molecule has 5 heteroatoms. The fraction of sp³-hybridized carbons (Fsp3) is 0.391. The lowest BCUT2D eigenvalue weighted by molar-refractivity contribution is -0.143. The van der Waals surface area contributed by atoms with Crippen LogP contribution in [0.5, 0.6) is 0 Å². The Balaban J connectivity index is 1.28. The molecule has 1 saturated carbocycles. The van der Waals surface area contributed by atoms with E-state index in [1.54, 1.807) is 0 Å². The first-order valence-electron chi connectivity index (χ1n) is 9.94. The smallest absolute Gasteiger partial charge is 0.407 e. The molecule has 0 aromatic heterocycles. The van der Waals surface area contributed by atoms with Crippen molar-refractivity contribution in [3.63, 3.8) is 0 Å². The van der Waals surface area contributed by atoms with Crippen LogP contribution in [0, 0.1) is 11.8 Å². The molecule has 2 aliphatic carbocycles. The van der Waals surface area contributed by atoms with Crippen LogP contribution in [0.4, 0.5) is 4.79 Å². The van der Waals surface area contributed by atoms with E-state index in [0.29, 0.717) is 25.3 Å². The summed E-state index contributed by atoms with van der Waals surface area (Å²) in [5.41, 5.74) is 6.09. The molecule has 0 radical (unpaired) electrons. The third-order valence-corrected chi connectivity index (χ3v) is 6.04. The maximum Gasteiger partial charge on any atom is 0.407 e. The van der Waals surface area contributed by atoms with E-state index in [2.05, 4.69) is 35.6 Å². The second-order valence-corrected chi connectivity index (χ2v) is 7.79. The van der Waals surface area contributed by atoms with Crippen molar-refractivity contribution in [3.05, 3.63) is 59.2 Å².